The molecule has 0 bridgehead atoms. The number of nitrogens with zero attached hydrogens (tertiary/aromatic N) is 4. The molecule has 2 N–H and O–H groups in total. The van der Waals surface area contributed by atoms with Crippen molar-refractivity contribution >= 4 is 34.7 Å². The molecule has 43 heavy (non-hydrogen) atoms. The smallest absolute Gasteiger partial charge is 0.414 e. The molecule has 9 heteroatoms. The highest BCUT2D eigenvalue weighted by atomic mass is 32.2. The van der Waals surface area contributed by atoms with Crippen molar-refractivity contribution in [3.8, 4) is 0 Å². The van der Waals surface area contributed by atoms with E-state index in [2.05, 4.69) is 61.7 Å². The summed E-state index contributed by atoms with van der Waals surface area (Å²) in [6.45, 7) is 5.59. The van der Waals surface area contributed by atoms with Crippen molar-refractivity contribution in [1.29, 1.82) is 0 Å². The van der Waals surface area contributed by atoms with Crippen LogP contribution in [0.1, 0.15) is 70.1 Å². The summed E-state index contributed by atoms with van der Waals surface area (Å²) in [6, 6.07) is 12.6. The predicted molar refractivity (Wildman–Crippen MR) is 172 cm³/mol. The van der Waals surface area contributed by atoms with E-state index in [4.69, 9.17) is 19.7 Å². The van der Waals surface area contributed by atoms with Crippen LogP contribution in [-0.4, -0.2) is 56.4 Å². The third-order valence-electron chi connectivity index (χ3n) is 8.73. The lowest BCUT2D eigenvalue weighted by molar-refractivity contribution is 0.126. The molecule has 2 aliphatic heterocycles. The second-order valence-corrected chi connectivity index (χ2v) is 13.2. The molecule has 1 saturated heterocycles. The molecule has 3 heterocycles. The van der Waals surface area contributed by atoms with Crippen LogP contribution in [0.25, 0.3) is 0 Å². The number of aliphatic imine (C=N–C) groups is 1. The number of allylic oxidation sites excluding steroid dienone is 5. The molecule has 1 amide bonds. The van der Waals surface area contributed by atoms with Crippen molar-refractivity contribution < 1.29 is 14.6 Å². The average molecular weight is 600 g/mol. The fourth-order valence-corrected chi connectivity index (χ4v) is 7.49. The number of hydrogen-bond acceptors (Lipinski definition) is 8. The predicted octanol–water partition coefficient (Wildman–Crippen LogP) is 7.16. The van der Waals surface area contributed by atoms with Gasteiger partial charge in [0, 0.05) is 24.2 Å². The summed E-state index contributed by atoms with van der Waals surface area (Å²) in [5.41, 5.74) is 4.39. The second-order valence-electron chi connectivity index (χ2n) is 12.1. The number of hydrogen-bond donors (Lipinski definition) is 2. The Morgan fingerprint density at radius 2 is 1.88 bits per heavy atom. The molecule has 4 aliphatic rings. The van der Waals surface area contributed by atoms with E-state index in [9.17, 15) is 9.90 Å². The van der Waals surface area contributed by atoms with E-state index in [0.717, 1.165) is 61.4 Å². The maximum Gasteiger partial charge on any atom is 0.414 e. The molecule has 2 atom stereocenters. The minimum Gasteiger partial charge on any atom is -0.447 e. The van der Waals surface area contributed by atoms with Crippen molar-refractivity contribution in [2.24, 2.45) is 16.8 Å². The maximum absolute atomic E-state index is 12.2. The molecule has 0 radical (unpaired) electrons. The molecular formula is C34H41N5O3S. The lowest BCUT2D eigenvalue weighted by Crippen LogP contribution is -2.29. The number of thioether (sulfide) groups is 1. The summed E-state index contributed by atoms with van der Waals surface area (Å²) in [6.07, 6.45) is 12.8. The van der Waals surface area contributed by atoms with Crippen LogP contribution in [-0.2, 0) is 11.2 Å². The molecule has 2 unspecified atom stereocenters. The van der Waals surface area contributed by atoms with E-state index in [1.165, 1.54) is 16.0 Å². The molecule has 2 aromatic rings. The fourth-order valence-electron chi connectivity index (χ4n) is 6.19. The van der Waals surface area contributed by atoms with Gasteiger partial charge in [0.05, 0.1) is 23.4 Å². The van der Waals surface area contributed by atoms with Crippen LogP contribution >= 0.6 is 11.8 Å². The Bertz CT molecular complexity index is 1450. The lowest BCUT2D eigenvalue weighted by Gasteiger charge is -2.26. The number of ether oxygens (including phenoxy) is 1. The Morgan fingerprint density at radius 1 is 1.07 bits per heavy atom. The van der Waals surface area contributed by atoms with Crippen LogP contribution in [0.5, 0.6) is 0 Å². The summed E-state index contributed by atoms with van der Waals surface area (Å²) in [4.78, 5) is 30.2. The van der Waals surface area contributed by atoms with Crippen molar-refractivity contribution in [1.82, 2.24) is 14.9 Å². The van der Waals surface area contributed by atoms with Crippen LogP contribution in [0, 0.1) is 11.8 Å². The van der Waals surface area contributed by atoms with Gasteiger partial charge in [-0.25, -0.2) is 14.8 Å². The first-order chi connectivity index (χ1) is 20.9. The summed E-state index contributed by atoms with van der Waals surface area (Å²) in [5.74, 6) is 1.96. The number of cyclic esters (lactones) is 1. The minimum absolute atomic E-state index is 0.205. The molecule has 8 nitrogen and oxygen atoms in total. The lowest BCUT2D eigenvalue weighted by atomic mass is 9.90. The topological polar surface area (TPSA) is 99.9 Å². The number of carbonyl (C=O) groups excluding carboxylic acids is 1. The Balaban J connectivity index is 1.28. The molecule has 6 rings (SSSR count). The number of aromatic nitrogens is 2. The molecule has 2 aliphatic carbocycles. The van der Waals surface area contributed by atoms with E-state index in [-0.39, 0.29) is 18.2 Å². The quantitative estimate of drug-likeness (QED) is 0.363. The summed E-state index contributed by atoms with van der Waals surface area (Å²) in [5, 5.41) is 14.6. The van der Waals surface area contributed by atoms with Gasteiger partial charge in [-0.05, 0) is 78.9 Å². The number of aliphatic hydroxyl groups excluding tert-OH is 1. The minimum atomic E-state index is -0.262. The van der Waals surface area contributed by atoms with E-state index >= 15 is 0 Å². The third kappa shape index (κ3) is 7.39. The zero-order valence-electron chi connectivity index (χ0n) is 25.0. The largest absolute Gasteiger partial charge is 0.447 e. The van der Waals surface area contributed by atoms with Gasteiger partial charge < -0.3 is 15.2 Å². The molecule has 2 fully saturated rings. The number of anilines is 1. The summed E-state index contributed by atoms with van der Waals surface area (Å²) in [7, 11) is 0. The van der Waals surface area contributed by atoms with Gasteiger partial charge in [-0.15, -0.1) is 0 Å². The number of carbonyl (C=O) groups is 1. The molecule has 1 saturated carbocycles. The van der Waals surface area contributed by atoms with Gasteiger partial charge in [0.25, 0.3) is 0 Å². The van der Waals surface area contributed by atoms with Crippen LogP contribution < -0.4 is 5.32 Å². The molecule has 0 spiro atoms. The summed E-state index contributed by atoms with van der Waals surface area (Å²) < 4.78 is 5.19. The maximum atomic E-state index is 12.2. The SMILES string of the molecule is CC1CCC(=Nc2cc(Cc3ccccc3)nc(NC3CCC(O)CC3)n2)SC2=C1C=CC(N1CCOC1=O)=CCC2C. The Labute approximate surface area is 258 Å². The van der Waals surface area contributed by atoms with Crippen LogP contribution in [0.4, 0.5) is 16.6 Å². The van der Waals surface area contributed by atoms with Gasteiger partial charge in [0.1, 0.15) is 6.61 Å². The number of nitrogens with one attached hydrogen (secondary N) is 1. The van der Waals surface area contributed by atoms with E-state index in [1.54, 1.807) is 16.7 Å². The summed E-state index contributed by atoms with van der Waals surface area (Å²) >= 11 is 1.79. The van der Waals surface area contributed by atoms with Gasteiger partial charge in [0.2, 0.25) is 5.95 Å². The van der Waals surface area contributed by atoms with Gasteiger partial charge in [-0.1, -0.05) is 68.1 Å². The highest BCUT2D eigenvalue weighted by Gasteiger charge is 2.28. The van der Waals surface area contributed by atoms with Crippen molar-refractivity contribution in [3.63, 3.8) is 0 Å². The molecule has 1 aromatic heterocycles. The Morgan fingerprint density at radius 3 is 2.65 bits per heavy atom. The average Bonchev–Trinajstić information content (AvgIpc) is 3.35. The van der Waals surface area contributed by atoms with E-state index < -0.39 is 0 Å². The zero-order chi connectivity index (χ0) is 29.8. The van der Waals surface area contributed by atoms with Crippen LogP contribution in [0.2, 0.25) is 0 Å². The van der Waals surface area contributed by atoms with Crippen LogP contribution in [0.3, 0.4) is 0 Å². The van der Waals surface area contributed by atoms with Crippen molar-refractivity contribution in [2.75, 3.05) is 18.5 Å². The number of aliphatic hydroxyl groups is 1. The Kier molecular flexibility index (Phi) is 9.28. The first-order valence-electron chi connectivity index (χ1n) is 15.6. The molecular weight excluding hydrogens is 558 g/mol. The highest BCUT2D eigenvalue weighted by Crippen LogP contribution is 2.42. The standard InChI is InChI=1S/C34H41N5O3S/c1-22-9-17-31(43-32-23(2)8-12-27(13-16-29(22)32)39-18-19-42-34(39)41)37-30-21-26(20-24-6-4-3-5-7-24)36-33(38-30)35-25-10-14-28(40)15-11-25/h3-7,12-13,16,21-23,25,28,40H,8-11,14-15,17-20H2,1-2H3,(H,35,36,38). The number of amides is 1. The van der Waals surface area contributed by atoms with Crippen molar-refractivity contribution in [3.05, 3.63) is 82.1 Å². The highest BCUT2D eigenvalue weighted by molar-refractivity contribution is 8.17. The van der Waals surface area contributed by atoms with E-state index in [0.29, 0.717) is 43.2 Å². The first kappa shape index (κ1) is 29.6. The first-order valence-corrected chi connectivity index (χ1v) is 16.4. The van der Waals surface area contributed by atoms with Gasteiger partial charge in [-0.3, -0.25) is 4.90 Å². The van der Waals surface area contributed by atoms with Gasteiger partial charge >= 0.3 is 6.09 Å². The van der Waals surface area contributed by atoms with Crippen molar-refractivity contribution in [2.45, 2.75) is 77.4 Å². The van der Waals surface area contributed by atoms with Gasteiger partial charge in [0.15, 0.2) is 5.82 Å². The second kappa shape index (κ2) is 13.5. The number of rotatable bonds is 6. The van der Waals surface area contributed by atoms with E-state index in [1.807, 2.05) is 12.1 Å². The molecule has 226 valence electrons. The zero-order valence-corrected chi connectivity index (χ0v) is 25.9. The Hall–Kier alpha value is -3.43. The van der Waals surface area contributed by atoms with Gasteiger partial charge in [-0.2, -0.15) is 4.98 Å². The third-order valence-corrected chi connectivity index (χ3v) is 10.1. The normalized spacial score (nSPS) is 27.2. The number of benzene rings is 1. The molecule has 1 aromatic carbocycles. The monoisotopic (exact) mass is 599 g/mol. The fraction of sp³-hybridized carbons (Fsp3) is 0.471. The van der Waals surface area contributed by atoms with Crippen LogP contribution in [0.15, 0.2) is 75.8 Å².